The van der Waals surface area contributed by atoms with Crippen molar-refractivity contribution in [3.05, 3.63) is 34.9 Å². The van der Waals surface area contributed by atoms with Crippen LogP contribution in [0.15, 0.2) is 18.2 Å². The lowest BCUT2D eigenvalue weighted by molar-refractivity contribution is -0.145. The maximum absolute atomic E-state index is 13.3. The summed E-state index contributed by atoms with van der Waals surface area (Å²) >= 11 is 0. The predicted molar refractivity (Wildman–Crippen MR) is 104 cm³/mol. The molecule has 1 aromatic carbocycles. The molecule has 4 heteroatoms. The monoisotopic (exact) mass is 359 g/mol. The van der Waals surface area contributed by atoms with Crippen molar-refractivity contribution in [1.82, 2.24) is 4.90 Å². The molecule has 0 bridgehead atoms. The van der Waals surface area contributed by atoms with Crippen molar-refractivity contribution in [2.24, 2.45) is 5.92 Å². The van der Waals surface area contributed by atoms with Crippen LogP contribution in [0.3, 0.4) is 0 Å². The highest BCUT2D eigenvalue weighted by atomic mass is 16.5. The van der Waals surface area contributed by atoms with Crippen LogP contribution in [0.5, 0.6) is 0 Å². The summed E-state index contributed by atoms with van der Waals surface area (Å²) in [7, 11) is 1.41. The molecule has 0 aliphatic heterocycles. The van der Waals surface area contributed by atoms with E-state index in [0.717, 1.165) is 31.2 Å². The molecule has 0 aromatic heterocycles. The second-order valence-corrected chi connectivity index (χ2v) is 7.68. The molecule has 4 nitrogen and oxygen atoms in total. The molecule has 1 fully saturated rings. The number of carbonyl (C=O) groups is 2. The molecule has 1 saturated carbocycles. The average molecular weight is 360 g/mol. The van der Waals surface area contributed by atoms with Crippen molar-refractivity contribution in [3.8, 4) is 0 Å². The molecule has 0 saturated heterocycles. The van der Waals surface area contributed by atoms with Gasteiger partial charge in [0.05, 0.1) is 13.0 Å². The van der Waals surface area contributed by atoms with E-state index in [4.69, 9.17) is 4.74 Å². The van der Waals surface area contributed by atoms with Gasteiger partial charge < -0.3 is 9.64 Å². The van der Waals surface area contributed by atoms with Gasteiger partial charge in [0.25, 0.3) is 5.91 Å². The molecule has 1 aliphatic rings. The molecule has 0 N–H and O–H groups in total. The van der Waals surface area contributed by atoms with Gasteiger partial charge in [-0.05, 0) is 49.9 Å². The van der Waals surface area contributed by atoms with E-state index in [1.54, 1.807) is 0 Å². The Labute approximate surface area is 157 Å². The number of esters is 1. The van der Waals surface area contributed by atoms with Crippen LogP contribution in [0.1, 0.15) is 73.4 Å². The summed E-state index contributed by atoms with van der Waals surface area (Å²) in [5.74, 6) is -0.538. The van der Waals surface area contributed by atoms with E-state index in [1.165, 1.54) is 31.9 Å². The van der Waals surface area contributed by atoms with Crippen LogP contribution in [-0.4, -0.2) is 36.5 Å². The Morgan fingerprint density at radius 3 is 2.27 bits per heavy atom. The van der Waals surface area contributed by atoms with E-state index in [0.29, 0.717) is 12.1 Å². The van der Waals surface area contributed by atoms with Crippen LogP contribution in [0.4, 0.5) is 0 Å². The normalized spacial score (nSPS) is 17.1. The first kappa shape index (κ1) is 20.5. The standard InChI is InChI=1S/C22H33NO3/c1-16-12-13-19(14-17(16)2)21(24)23(15-18(3)22(25)26-4)20-10-8-6-5-7-9-11-20/h12-14,18,20H,5-11,15H2,1-4H3. The van der Waals surface area contributed by atoms with E-state index < -0.39 is 0 Å². The Kier molecular flexibility index (Phi) is 7.67. The van der Waals surface area contributed by atoms with Crippen LogP contribution < -0.4 is 0 Å². The highest BCUT2D eigenvalue weighted by Crippen LogP contribution is 2.24. The molecule has 0 radical (unpaired) electrons. The van der Waals surface area contributed by atoms with Crippen LogP contribution in [0.2, 0.25) is 0 Å². The van der Waals surface area contributed by atoms with Gasteiger partial charge in [0.15, 0.2) is 0 Å². The SMILES string of the molecule is COC(=O)C(C)CN(C(=O)c1ccc(C)c(C)c1)C1CCCCCCC1. The Morgan fingerprint density at radius 2 is 1.69 bits per heavy atom. The Hall–Kier alpha value is -1.84. The number of rotatable bonds is 5. The molecular weight excluding hydrogens is 326 g/mol. The Bertz CT molecular complexity index is 618. The fraction of sp³-hybridized carbons (Fsp3) is 0.636. The van der Waals surface area contributed by atoms with Crippen LogP contribution in [0, 0.1) is 19.8 Å². The summed E-state index contributed by atoms with van der Waals surface area (Å²) in [5.41, 5.74) is 3.02. The number of benzene rings is 1. The summed E-state index contributed by atoms with van der Waals surface area (Å²) in [6.07, 6.45) is 8.08. The fourth-order valence-corrected chi connectivity index (χ4v) is 3.76. The second kappa shape index (κ2) is 9.75. The minimum atomic E-state index is -0.319. The third kappa shape index (κ3) is 5.33. The number of amides is 1. The van der Waals surface area contributed by atoms with Gasteiger partial charge in [0, 0.05) is 18.2 Å². The molecule has 1 unspecified atom stereocenters. The zero-order chi connectivity index (χ0) is 19.1. The molecule has 2 rings (SSSR count). The Balaban J connectivity index is 2.26. The van der Waals surface area contributed by atoms with Gasteiger partial charge in [0.1, 0.15) is 0 Å². The number of carbonyl (C=O) groups excluding carboxylic acids is 2. The first-order chi connectivity index (χ1) is 12.4. The van der Waals surface area contributed by atoms with Gasteiger partial charge in [-0.25, -0.2) is 0 Å². The lowest BCUT2D eigenvalue weighted by Crippen LogP contribution is -2.44. The van der Waals surface area contributed by atoms with E-state index in [-0.39, 0.29) is 23.8 Å². The minimum Gasteiger partial charge on any atom is -0.469 e. The molecular formula is C22H33NO3. The third-order valence-electron chi connectivity index (χ3n) is 5.60. The van der Waals surface area contributed by atoms with Crippen molar-refractivity contribution >= 4 is 11.9 Å². The summed E-state index contributed by atoms with van der Waals surface area (Å²) in [6.45, 7) is 6.34. The van der Waals surface area contributed by atoms with Crippen molar-refractivity contribution in [3.63, 3.8) is 0 Å². The molecule has 1 atom stereocenters. The van der Waals surface area contributed by atoms with Crippen LogP contribution in [0.25, 0.3) is 0 Å². The summed E-state index contributed by atoms with van der Waals surface area (Å²) in [5, 5.41) is 0. The second-order valence-electron chi connectivity index (χ2n) is 7.68. The van der Waals surface area contributed by atoms with Crippen LogP contribution in [-0.2, 0) is 9.53 Å². The van der Waals surface area contributed by atoms with Crippen molar-refractivity contribution in [1.29, 1.82) is 0 Å². The van der Waals surface area contributed by atoms with E-state index in [9.17, 15) is 9.59 Å². The third-order valence-corrected chi connectivity index (χ3v) is 5.60. The smallest absolute Gasteiger partial charge is 0.310 e. The average Bonchev–Trinajstić information content (AvgIpc) is 2.60. The number of hydrogen-bond donors (Lipinski definition) is 0. The lowest BCUT2D eigenvalue weighted by Gasteiger charge is -2.34. The maximum atomic E-state index is 13.3. The highest BCUT2D eigenvalue weighted by Gasteiger charge is 2.29. The highest BCUT2D eigenvalue weighted by molar-refractivity contribution is 5.95. The van der Waals surface area contributed by atoms with Crippen molar-refractivity contribution in [2.45, 2.75) is 71.8 Å². The van der Waals surface area contributed by atoms with Gasteiger partial charge >= 0.3 is 5.97 Å². The first-order valence-electron chi connectivity index (χ1n) is 9.90. The lowest BCUT2D eigenvalue weighted by atomic mass is 9.94. The van der Waals surface area contributed by atoms with Gasteiger partial charge in [-0.15, -0.1) is 0 Å². The topological polar surface area (TPSA) is 46.6 Å². The van der Waals surface area contributed by atoms with E-state index in [1.807, 2.05) is 36.9 Å². The van der Waals surface area contributed by atoms with Gasteiger partial charge in [-0.1, -0.05) is 45.1 Å². The molecule has 144 valence electrons. The molecule has 1 amide bonds. The largest absolute Gasteiger partial charge is 0.469 e. The zero-order valence-corrected chi connectivity index (χ0v) is 16.7. The molecule has 0 heterocycles. The molecule has 26 heavy (non-hydrogen) atoms. The number of methoxy groups -OCH3 is 1. The van der Waals surface area contributed by atoms with Crippen LogP contribution >= 0.6 is 0 Å². The number of hydrogen-bond acceptors (Lipinski definition) is 3. The molecule has 1 aliphatic carbocycles. The van der Waals surface area contributed by atoms with Gasteiger partial charge in [-0.3, -0.25) is 9.59 Å². The van der Waals surface area contributed by atoms with Gasteiger partial charge in [-0.2, -0.15) is 0 Å². The van der Waals surface area contributed by atoms with Crippen molar-refractivity contribution in [2.75, 3.05) is 13.7 Å². The first-order valence-corrected chi connectivity index (χ1v) is 9.90. The summed E-state index contributed by atoms with van der Waals surface area (Å²) < 4.78 is 4.89. The molecule has 1 aromatic rings. The Morgan fingerprint density at radius 1 is 1.08 bits per heavy atom. The zero-order valence-electron chi connectivity index (χ0n) is 16.7. The molecule has 0 spiro atoms. The van der Waals surface area contributed by atoms with E-state index >= 15 is 0 Å². The number of aryl methyl sites for hydroxylation is 2. The summed E-state index contributed by atoms with van der Waals surface area (Å²) in [4.78, 5) is 27.2. The quantitative estimate of drug-likeness (QED) is 0.718. The summed E-state index contributed by atoms with van der Waals surface area (Å²) in [6, 6.07) is 6.08. The fourth-order valence-electron chi connectivity index (χ4n) is 3.76. The number of ether oxygens (including phenoxy) is 1. The number of nitrogens with zero attached hydrogens (tertiary/aromatic N) is 1. The van der Waals surface area contributed by atoms with Crippen molar-refractivity contribution < 1.29 is 14.3 Å². The van der Waals surface area contributed by atoms with E-state index in [2.05, 4.69) is 6.92 Å². The predicted octanol–water partition coefficient (Wildman–Crippen LogP) is 4.67. The minimum absolute atomic E-state index is 0.0365. The maximum Gasteiger partial charge on any atom is 0.310 e. The van der Waals surface area contributed by atoms with Gasteiger partial charge in [0.2, 0.25) is 0 Å².